The highest BCUT2D eigenvalue weighted by Crippen LogP contribution is 2.40. The Bertz CT molecular complexity index is 975. The summed E-state index contributed by atoms with van der Waals surface area (Å²) >= 11 is 5.92. The topological polar surface area (TPSA) is 73.3 Å². The molecule has 3 rings (SSSR count). The fourth-order valence-electron chi connectivity index (χ4n) is 2.55. The van der Waals surface area contributed by atoms with Gasteiger partial charge in [0.2, 0.25) is 5.78 Å². The normalized spacial score (nSPS) is 16.9. The summed E-state index contributed by atoms with van der Waals surface area (Å²) in [7, 11) is -3.35. The van der Waals surface area contributed by atoms with E-state index in [4.69, 9.17) is 16.3 Å². The minimum absolute atomic E-state index is 0.105. The summed E-state index contributed by atoms with van der Waals surface area (Å²) in [6.07, 6.45) is 2.37. The highest BCUT2D eigenvalue weighted by atomic mass is 35.5. The Kier molecular flexibility index (Phi) is 4.21. The quantitative estimate of drug-likeness (QED) is 0.819. The number of halogens is 1. The number of carbonyl (C=O) groups excluding carboxylic acids is 1. The van der Waals surface area contributed by atoms with E-state index in [1.54, 1.807) is 38.1 Å². The molecule has 2 heterocycles. The second-order valence-electron chi connectivity index (χ2n) is 6.30. The first kappa shape index (κ1) is 17.6. The van der Waals surface area contributed by atoms with Crippen LogP contribution in [0.1, 0.15) is 25.1 Å². The zero-order valence-electron chi connectivity index (χ0n) is 13.9. The first-order chi connectivity index (χ1) is 11.6. The second kappa shape index (κ2) is 5.97. The van der Waals surface area contributed by atoms with Crippen molar-refractivity contribution < 1.29 is 17.9 Å². The van der Waals surface area contributed by atoms with Crippen LogP contribution in [0.2, 0.25) is 5.02 Å². The van der Waals surface area contributed by atoms with Crippen LogP contribution in [0.4, 0.5) is 0 Å². The molecule has 2 aromatic rings. The molecular formula is C18H16ClNO4S. The molecule has 7 heteroatoms. The average molecular weight is 378 g/mol. The van der Waals surface area contributed by atoms with Crippen LogP contribution >= 0.6 is 11.6 Å². The number of nitrogens with zero attached hydrogens (tertiary/aromatic N) is 1. The molecule has 0 saturated heterocycles. The van der Waals surface area contributed by atoms with Crippen LogP contribution in [0.25, 0.3) is 11.3 Å². The van der Waals surface area contributed by atoms with E-state index in [1.165, 1.54) is 18.3 Å². The number of hydrogen-bond acceptors (Lipinski definition) is 5. The maximum atomic E-state index is 12.8. The predicted octanol–water partition coefficient (Wildman–Crippen LogP) is 3.38. The van der Waals surface area contributed by atoms with Crippen LogP contribution in [0.15, 0.2) is 47.5 Å². The van der Waals surface area contributed by atoms with E-state index in [2.05, 4.69) is 4.98 Å². The molecule has 5 nitrogen and oxygen atoms in total. The number of hydrogen-bond donors (Lipinski definition) is 0. The molecule has 0 bridgehead atoms. The van der Waals surface area contributed by atoms with Crippen LogP contribution in [0, 0.1) is 0 Å². The highest BCUT2D eigenvalue weighted by Gasteiger charge is 2.43. The molecule has 0 radical (unpaired) electrons. The SMILES string of the molecule is CC1(C)OC(c2ccc(S(C)(=O)=O)cn2)=C(c2ccc(Cl)cc2)C1=O. The summed E-state index contributed by atoms with van der Waals surface area (Å²) in [5.41, 5.74) is 0.447. The largest absolute Gasteiger partial charge is 0.477 e. The van der Waals surface area contributed by atoms with E-state index in [-0.39, 0.29) is 10.7 Å². The molecule has 1 aliphatic rings. The Morgan fingerprint density at radius 3 is 2.24 bits per heavy atom. The Labute approximate surface area is 151 Å². The van der Waals surface area contributed by atoms with Crippen LogP contribution in [0.5, 0.6) is 0 Å². The standard InChI is InChI=1S/C18H16ClNO4S/c1-18(2)17(21)15(11-4-6-12(19)7-5-11)16(24-18)14-9-8-13(10-20-14)25(3,22)23/h4-10H,1-3H3. The molecule has 0 unspecified atom stereocenters. The Morgan fingerprint density at radius 1 is 1.08 bits per heavy atom. The van der Waals surface area contributed by atoms with Crippen LogP contribution in [-0.2, 0) is 19.4 Å². The number of rotatable bonds is 3. The van der Waals surface area contributed by atoms with E-state index in [1.807, 2.05) is 0 Å². The van der Waals surface area contributed by atoms with Crippen molar-refractivity contribution in [3.63, 3.8) is 0 Å². The molecule has 1 aliphatic heterocycles. The van der Waals surface area contributed by atoms with E-state index in [0.717, 1.165) is 6.26 Å². The zero-order valence-corrected chi connectivity index (χ0v) is 15.5. The number of sulfone groups is 1. The monoisotopic (exact) mass is 377 g/mol. The maximum Gasteiger partial charge on any atom is 0.210 e. The molecular weight excluding hydrogens is 362 g/mol. The number of carbonyl (C=O) groups is 1. The number of ketones is 1. The van der Waals surface area contributed by atoms with E-state index in [9.17, 15) is 13.2 Å². The molecule has 130 valence electrons. The Morgan fingerprint density at radius 2 is 1.72 bits per heavy atom. The molecule has 0 fully saturated rings. The van der Waals surface area contributed by atoms with Gasteiger partial charge in [-0.2, -0.15) is 0 Å². The lowest BCUT2D eigenvalue weighted by Gasteiger charge is -2.17. The van der Waals surface area contributed by atoms with Crippen molar-refractivity contribution in [1.29, 1.82) is 0 Å². The van der Waals surface area contributed by atoms with Gasteiger partial charge in [0.05, 0.1) is 10.5 Å². The van der Waals surface area contributed by atoms with Crippen molar-refractivity contribution in [3.05, 3.63) is 58.9 Å². The van der Waals surface area contributed by atoms with Gasteiger partial charge < -0.3 is 4.74 Å². The van der Waals surface area contributed by atoms with Crippen molar-refractivity contribution in [1.82, 2.24) is 4.98 Å². The van der Waals surface area contributed by atoms with Crippen LogP contribution in [-0.4, -0.2) is 31.0 Å². The summed E-state index contributed by atoms with van der Waals surface area (Å²) in [5, 5.41) is 0.562. The van der Waals surface area contributed by atoms with Gasteiger partial charge in [-0.05, 0) is 43.7 Å². The molecule has 1 aromatic carbocycles. The van der Waals surface area contributed by atoms with Gasteiger partial charge in [0, 0.05) is 17.5 Å². The van der Waals surface area contributed by atoms with Crippen molar-refractivity contribution >= 4 is 38.6 Å². The Balaban J connectivity index is 2.15. The third-order valence-corrected chi connectivity index (χ3v) is 5.24. The smallest absolute Gasteiger partial charge is 0.210 e. The minimum atomic E-state index is -3.35. The first-order valence-electron chi connectivity index (χ1n) is 7.50. The lowest BCUT2D eigenvalue weighted by atomic mass is 9.93. The first-order valence-corrected chi connectivity index (χ1v) is 9.77. The fourth-order valence-corrected chi connectivity index (χ4v) is 3.24. The lowest BCUT2D eigenvalue weighted by molar-refractivity contribution is -0.125. The summed E-state index contributed by atoms with van der Waals surface area (Å²) in [5.74, 6) is 0.163. The minimum Gasteiger partial charge on any atom is -0.477 e. The van der Waals surface area contributed by atoms with Crippen molar-refractivity contribution in [3.8, 4) is 0 Å². The van der Waals surface area contributed by atoms with Gasteiger partial charge in [-0.1, -0.05) is 23.7 Å². The molecule has 0 spiro atoms. The summed E-state index contributed by atoms with van der Waals surface area (Å²) < 4.78 is 29.0. The van der Waals surface area contributed by atoms with Crippen LogP contribution < -0.4 is 0 Å². The molecule has 25 heavy (non-hydrogen) atoms. The third-order valence-electron chi connectivity index (χ3n) is 3.89. The second-order valence-corrected chi connectivity index (χ2v) is 8.76. The lowest BCUT2D eigenvalue weighted by Crippen LogP contribution is -2.29. The van der Waals surface area contributed by atoms with Gasteiger partial charge in [-0.3, -0.25) is 9.78 Å². The van der Waals surface area contributed by atoms with Crippen LogP contribution in [0.3, 0.4) is 0 Å². The number of aromatic nitrogens is 1. The van der Waals surface area contributed by atoms with Gasteiger partial charge >= 0.3 is 0 Å². The maximum absolute atomic E-state index is 12.8. The number of benzene rings is 1. The number of Topliss-reactive ketones (excluding diaryl/α,β-unsaturated/α-hetero) is 1. The van der Waals surface area contributed by atoms with Gasteiger partial charge in [0.15, 0.2) is 21.2 Å². The van der Waals surface area contributed by atoms with Crippen molar-refractivity contribution in [2.45, 2.75) is 24.3 Å². The van der Waals surface area contributed by atoms with Gasteiger partial charge in [-0.15, -0.1) is 0 Å². The summed E-state index contributed by atoms with van der Waals surface area (Å²) in [4.78, 5) is 17.1. The summed E-state index contributed by atoms with van der Waals surface area (Å²) in [6.45, 7) is 3.37. The molecule has 0 saturated carbocycles. The van der Waals surface area contributed by atoms with Gasteiger partial charge in [-0.25, -0.2) is 8.42 Å². The van der Waals surface area contributed by atoms with Crippen molar-refractivity contribution in [2.75, 3.05) is 6.26 Å². The molecule has 1 aromatic heterocycles. The third kappa shape index (κ3) is 3.32. The number of ether oxygens (including phenoxy) is 1. The highest BCUT2D eigenvalue weighted by molar-refractivity contribution is 7.90. The molecule has 0 amide bonds. The van der Waals surface area contributed by atoms with Gasteiger partial charge in [0.1, 0.15) is 5.69 Å². The molecule has 0 aliphatic carbocycles. The fraction of sp³-hybridized carbons (Fsp3) is 0.222. The van der Waals surface area contributed by atoms with E-state index < -0.39 is 15.4 Å². The van der Waals surface area contributed by atoms with E-state index in [0.29, 0.717) is 27.6 Å². The Hall–Kier alpha value is -2.18. The number of pyridine rings is 1. The van der Waals surface area contributed by atoms with E-state index >= 15 is 0 Å². The summed E-state index contributed by atoms with van der Waals surface area (Å²) in [6, 6.07) is 9.86. The average Bonchev–Trinajstić information content (AvgIpc) is 2.78. The molecule has 0 N–H and O–H groups in total. The van der Waals surface area contributed by atoms with Crippen molar-refractivity contribution in [2.24, 2.45) is 0 Å². The molecule has 0 atom stereocenters. The van der Waals surface area contributed by atoms with Gasteiger partial charge in [0.25, 0.3) is 0 Å². The zero-order chi connectivity index (χ0) is 18.4. The predicted molar refractivity (Wildman–Crippen MR) is 95.8 cm³/mol.